The maximum Gasteiger partial charge on any atom is 0.410 e. The fourth-order valence-electron chi connectivity index (χ4n) is 0.825. The summed E-state index contributed by atoms with van der Waals surface area (Å²) in [5, 5.41) is 0. The lowest BCUT2D eigenvalue weighted by molar-refractivity contribution is 0.0131. The highest BCUT2D eigenvalue weighted by molar-refractivity contribution is 5.68. The van der Waals surface area contributed by atoms with Gasteiger partial charge in [0.2, 0.25) is 0 Å². The standard InChI is InChI=1S/C8H15NO2.C4H6/c1-8(2,3)11-7(10)9-5-4-6-9;1-3-4-2/h4-6H2,1-3H3;1-2H3. The number of likely N-dealkylation sites (tertiary alicyclic amines) is 1. The number of ether oxygens (including phenoxy) is 1. The SMILES string of the molecule is CC#CC.CC(C)(C)OC(=O)N1CCC1. The molecule has 1 amide bonds. The van der Waals surface area contributed by atoms with Gasteiger partial charge in [0.25, 0.3) is 0 Å². The summed E-state index contributed by atoms with van der Waals surface area (Å²) >= 11 is 0. The predicted molar refractivity (Wildman–Crippen MR) is 61.5 cm³/mol. The van der Waals surface area contributed by atoms with E-state index in [0.717, 1.165) is 19.5 Å². The number of hydrogen-bond acceptors (Lipinski definition) is 2. The van der Waals surface area contributed by atoms with Gasteiger partial charge in [0.15, 0.2) is 0 Å². The van der Waals surface area contributed by atoms with Gasteiger partial charge in [-0.25, -0.2) is 4.79 Å². The summed E-state index contributed by atoms with van der Waals surface area (Å²) < 4.78 is 5.13. The first kappa shape index (κ1) is 13.8. The molecule has 0 bridgehead atoms. The molecule has 3 heteroatoms. The van der Waals surface area contributed by atoms with Crippen molar-refractivity contribution in [3.05, 3.63) is 0 Å². The van der Waals surface area contributed by atoms with Crippen LogP contribution < -0.4 is 0 Å². The van der Waals surface area contributed by atoms with Crippen molar-refractivity contribution in [2.24, 2.45) is 0 Å². The highest BCUT2D eigenvalue weighted by Gasteiger charge is 2.25. The fourth-order valence-corrected chi connectivity index (χ4v) is 0.825. The van der Waals surface area contributed by atoms with E-state index in [4.69, 9.17) is 4.74 Å². The van der Waals surface area contributed by atoms with Crippen LogP contribution >= 0.6 is 0 Å². The maximum absolute atomic E-state index is 11.1. The highest BCUT2D eigenvalue weighted by Crippen LogP contribution is 2.13. The first-order valence-corrected chi connectivity index (χ1v) is 5.22. The van der Waals surface area contributed by atoms with E-state index in [2.05, 4.69) is 11.8 Å². The Morgan fingerprint density at radius 3 is 1.87 bits per heavy atom. The lowest BCUT2D eigenvalue weighted by Crippen LogP contribution is -2.44. The Balaban J connectivity index is 0.000000423. The molecule has 0 saturated carbocycles. The molecule has 1 heterocycles. The van der Waals surface area contributed by atoms with E-state index in [-0.39, 0.29) is 11.7 Å². The Bertz CT molecular complexity index is 245. The molecule has 1 saturated heterocycles. The molecule has 0 aromatic rings. The number of rotatable bonds is 0. The summed E-state index contributed by atoms with van der Waals surface area (Å²) in [6.07, 6.45) is 0.933. The molecular formula is C12H21NO2. The zero-order valence-corrected chi connectivity index (χ0v) is 10.4. The third kappa shape index (κ3) is 6.84. The van der Waals surface area contributed by atoms with Crippen LogP contribution in [0.15, 0.2) is 0 Å². The molecule has 0 spiro atoms. The van der Waals surface area contributed by atoms with Crippen LogP contribution in [0, 0.1) is 11.8 Å². The third-order valence-electron chi connectivity index (χ3n) is 1.76. The molecule has 1 fully saturated rings. The van der Waals surface area contributed by atoms with Crippen molar-refractivity contribution in [2.45, 2.75) is 46.6 Å². The van der Waals surface area contributed by atoms with Gasteiger partial charge in [-0.3, -0.25) is 0 Å². The average molecular weight is 211 g/mol. The Morgan fingerprint density at radius 2 is 1.67 bits per heavy atom. The molecule has 0 aromatic carbocycles. The van der Waals surface area contributed by atoms with Crippen molar-refractivity contribution >= 4 is 6.09 Å². The second-order valence-electron chi connectivity index (χ2n) is 4.32. The van der Waals surface area contributed by atoms with Crippen molar-refractivity contribution in [3.63, 3.8) is 0 Å². The average Bonchev–Trinajstić information content (AvgIpc) is 1.98. The van der Waals surface area contributed by atoms with Gasteiger partial charge in [0.1, 0.15) is 5.60 Å². The molecular weight excluding hydrogens is 190 g/mol. The number of amides is 1. The molecule has 0 atom stereocenters. The van der Waals surface area contributed by atoms with Crippen LogP contribution in [0.1, 0.15) is 41.0 Å². The minimum absolute atomic E-state index is 0.177. The van der Waals surface area contributed by atoms with Crippen molar-refractivity contribution in [1.29, 1.82) is 0 Å². The van der Waals surface area contributed by atoms with Crippen LogP contribution in [-0.2, 0) is 4.74 Å². The van der Waals surface area contributed by atoms with Crippen LogP contribution in [-0.4, -0.2) is 29.7 Å². The minimum Gasteiger partial charge on any atom is -0.444 e. The molecule has 0 N–H and O–H groups in total. The summed E-state index contributed by atoms with van der Waals surface area (Å²) in [5.74, 6) is 5.36. The number of nitrogens with zero attached hydrogens (tertiary/aromatic N) is 1. The van der Waals surface area contributed by atoms with Gasteiger partial charge in [0, 0.05) is 13.1 Å². The van der Waals surface area contributed by atoms with Crippen molar-refractivity contribution in [1.82, 2.24) is 4.90 Å². The van der Waals surface area contributed by atoms with Crippen LogP contribution in [0.4, 0.5) is 4.79 Å². The van der Waals surface area contributed by atoms with Crippen LogP contribution in [0.5, 0.6) is 0 Å². The first-order chi connectivity index (χ1) is 6.90. The van der Waals surface area contributed by atoms with Crippen LogP contribution in [0.25, 0.3) is 0 Å². The quantitative estimate of drug-likeness (QED) is 0.576. The van der Waals surface area contributed by atoms with Gasteiger partial charge in [0.05, 0.1) is 0 Å². The molecule has 0 radical (unpaired) electrons. The first-order valence-electron chi connectivity index (χ1n) is 5.22. The van der Waals surface area contributed by atoms with Gasteiger partial charge in [-0.15, -0.1) is 11.8 Å². The van der Waals surface area contributed by atoms with Gasteiger partial charge >= 0.3 is 6.09 Å². The summed E-state index contributed by atoms with van der Waals surface area (Å²) in [6, 6.07) is 0. The predicted octanol–water partition coefficient (Wildman–Crippen LogP) is 2.66. The topological polar surface area (TPSA) is 29.5 Å². The minimum atomic E-state index is -0.354. The molecule has 1 aliphatic rings. The smallest absolute Gasteiger partial charge is 0.410 e. The van der Waals surface area contributed by atoms with Crippen molar-refractivity contribution < 1.29 is 9.53 Å². The molecule has 1 aliphatic heterocycles. The van der Waals surface area contributed by atoms with Gasteiger partial charge in [-0.1, -0.05) is 0 Å². The molecule has 0 unspecified atom stereocenters. The molecule has 0 aliphatic carbocycles. The summed E-state index contributed by atoms with van der Waals surface area (Å²) in [5.41, 5.74) is -0.354. The van der Waals surface area contributed by atoms with E-state index in [1.165, 1.54) is 0 Å². The Labute approximate surface area is 92.8 Å². The van der Waals surface area contributed by atoms with Crippen LogP contribution in [0.2, 0.25) is 0 Å². The highest BCUT2D eigenvalue weighted by atomic mass is 16.6. The summed E-state index contributed by atoms with van der Waals surface area (Å²) in [4.78, 5) is 12.9. The van der Waals surface area contributed by atoms with Gasteiger partial charge < -0.3 is 9.64 Å². The third-order valence-corrected chi connectivity index (χ3v) is 1.76. The molecule has 1 rings (SSSR count). The van der Waals surface area contributed by atoms with E-state index >= 15 is 0 Å². The monoisotopic (exact) mass is 211 g/mol. The second kappa shape index (κ2) is 6.34. The largest absolute Gasteiger partial charge is 0.444 e. The Hall–Kier alpha value is -1.17. The number of carbonyl (C=O) groups excluding carboxylic acids is 1. The summed E-state index contributed by atoms with van der Waals surface area (Å²) in [6.45, 7) is 11.0. The lowest BCUT2D eigenvalue weighted by atomic mass is 10.2. The number of hydrogen-bond donors (Lipinski definition) is 0. The van der Waals surface area contributed by atoms with E-state index in [1.54, 1.807) is 4.90 Å². The molecule has 86 valence electrons. The fraction of sp³-hybridized carbons (Fsp3) is 0.750. The van der Waals surface area contributed by atoms with E-state index in [0.29, 0.717) is 0 Å². The zero-order valence-electron chi connectivity index (χ0n) is 10.4. The zero-order chi connectivity index (χ0) is 11.9. The van der Waals surface area contributed by atoms with Crippen molar-refractivity contribution in [3.8, 4) is 11.8 Å². The maximum atomic E-state index is 11.1. The second-order valence-corrected chi connectivity index (χ2v) is 4.32. The number of carbonyl (C=O) groups is 1. The van der Waals surface area contributed by atoms with Gasteiger partial charge in [-0.05, 0) is 41.0 Å². The van der Waals surface area contributed by atoms with E-state index < -0.39 is 0 Å². The summed E-state index contributed by atoms with van der Waals surface area (Å²) in [7, 11) is 0. The normalized spacial score (nSPS) is 13.8. The molecule has 3 nitrogen and oxygen atoms in total. The van der Waals surface area contributed by atoms with E-state index in [1.807, 2.05) is 34.6 Å². The van der Waals surface area contributed by atoms with Gasteiger partial charge in [-0.2, -0.15) is 0 Å². The van der Waals surface area contributed by atoms with E-state index in [9.17, 15) is 4.79 Å². The Kier molecular flexibility index (Phi) is 5.84. The van der Waals surface area contributed by atoms with Crippen molar-refractivity contribution in [2.75, 3.05) is 13.1 Å². The Morgan fingerprint density at radius 1 is 1.20 bits per heavy atom. The van der Waals surface area contributed by atoms with Crippen LogP contribution in [0.3, 0.4) is 0 Å². The lowest BCUT2D eigenvalue weighted by Gasteiger charge is -2.32. The molecule has 15 heavy (non-hydrogen) atoms. The molecule has 0 aromatic heterocycles.